The van der Waals surface area contributed by atoms with E-state index < -0.39 is 0 Å². The highest BCUT2D eigenvalue weighted by Gasteiger charge is 2.26. The monoisotopic (exact) mass is 317 g/mol. The number of carbonyl (C=O) groups excluding carboxylic acids is 2. The molecule has 3 atom stereocenters. The van der Waals surface area contributed by atoms with Crippen LogP contribution in [0.1, 0.15) is 45.7 Å². The number of hydrogen-bond acceptors (Lipinski definition) is 2. The molecule has 0 aromatic heterocycles. The Hall–Kier alpha value is -2.04. The molecule has 2 rings (SSSR count). The van der Waals surface area contributed by atoms with E-state index in [-0.39, 0.29) is 18.0 Å². The summed E-state index contributed by atoms with van der Waals surface area (Å²) in [5.41, 5.74) is 1.72. The van der Waals surface area contributed by atoms with Crippen molar-refractivity contribution in [2.45, 2.75) is 40.2 Å². The lowest BCUT2D eigenvalue weighted by Gasteiger charge is -2.35. The SMILES string of the molecule is CC(=O)Nc1cccc(C(C)NC(=O)N2CC(C)CC(C)C2)c1. The van der Waals surface area contributed by atoms with Crippen LogP contribution in [0.3, 0.4) is 0 Å². The van der Waals surface area contributed by atoms with Crippen molar-refractivity contribution in [3.05, 3.63) is 29.8 Å². The molecule has 0 saturated carbocycles. The molecule has 3 amide bonds. The van der Waals surface area contributed by atoms with E-state index in [1.54, 1.807) is 0 Å². The maximum absolute atomic E-state index is 12.5. The van der Waals surface area contributed by atoms with Gasteiger partial charge >= 0.3 is 6.03 Å². The first-order valence-electron chi connectivity index (χ1n) is 8.28. The highest BCUT2D eigenvalue weighted by atomic mass is 16.2. The van der Waals surface area contributed by atoms with Crippen LogP contribution in [0.15, 0.2) is 24.3 Å². The van der Waals surface area contributed by atoms with E-state index in [0.29, 0.717) is 11.8 Å². The third kappa shape index (κ3) is 4.98. The number of nitrogens with one attached hydrogen (secondary N) is 2. The van der Waals surface area contributed by atoms with Crippen LogP contribution in [0.25, 0.3) is 0 Å². The van der Waals surface area contributed by atoms with Crippen LogP contribution in [0.4, 0.5) is 10.5 Å². The highest BCUT2D eigenvalue weighted by Crippen LogP contribution is 2.22. The summed E-state index contributed by atoms with van der Waals surface area (Å²) in [4.78, 5) is 25.5. The Bertz CT molecular complexity index is 563. The number of carbonyl (C=O) groups is 2. The Kier molecular flexibility index (Phi) is 5.64. The molecule has 2 N–H and O–H groups in total. The van der Waals surface area contributed by atoms with Gasteiger partial charge in [-0.1, -0.05) is 26.0 Å². The lowest BCUT2D eigenvalue weighted by Crippen LogP contribution is -2.48. The first-order valence-corrected chi connectivity index (χ1v) is 8.28. The second kappa shape index (κ2) is 7.49. The Balaban J connectivity index is 1.99. The van der Waals surface area contributed by atoms with Gasteiger partial charge in [-0.05, 0) is 42.9 Å². The summed E-state index contributed by atoms with van der Waals surface area (Å²) < 4.78 is 0. The topological polar surface area (TPSA) is 61.4 Å². The van der Waals surface area contributed by atoms with Crippen LogP contribution in [-0.2, 0) is 4.79 Å². The van der Waals surface area contributed by atoms with Crippen molar-refractivity contribution in [1.82, 2.24) is 10.2 Å². The molecule has 1 aliphatic rings. The van der Waals surface area contributed by atoms with E-state index in [4.69, 9.17) is 0 Å². The van der Waals surface area contributed by atoms with Crippen LogP contribution < -0.4 is 10.6 Å². The molecular weight excluding hydrogens is 290 g/mol. The van der Waals surface area contributed by atoms with Gasteiger partial charge in [0.15, 0.2) is 0 Å². The minimum absolute atomic E-state index is 0.0131. The first-order chi connectivity index (χ1) is 10.8. The predicted octanol–water partition coefficient (Wildman–Crippen LogP) is 3.39. The summed E-state index contributed by atoms with van der Waals surface area (Å²) in [5, 5.41) is 5.83. The molecule has 5 nitrogen and oxygen atoms in total. The van der Waals surface area contributed by atoms with Crippen molar-refractivity contribution < 1.29 is 9.59 Å². The minimum Gasteiger partial charge on any atom is -0.331 e. The van der Waals surface area contributed by atoms with Gasteiger partial charge in [0.2, 0.25) is 5.91 Å². The fourth-order valence-electron chi connectivity index (χ4n) is 3.28. The van der Waals surface area contributed by atoms with Crippen LogP contribution >= 0.6 is 0 Å². The predicted molar refractivity (Wildman–Crippen MR) is 92.2 cm³/mol. The molecule has 23 heavy (non-hydrogen) atoms. The summed E-state index contributed by atoms with van der Waals surface area (Å²) in [6.07, 6.45) is 1.18. The smallest absolute Gasteiger partial charge is 0.317 e. The van der Waals surface area contributed by atoms with Crippen LogP contribution in [0, 0.1) is 11.8 Å². The largest absolute Gasteiger partial charge is 0.331 e. The fourth-order valence-corrected chi connectivity index (χ4v) is 3.28. The van der Waals surface area contributed by atoms with Crippen molar-refractivity contribution >= 4 is 17.6 Å². The van der Waals surface area contributed by atoms with Crippen LogP contribution in [0.2, 0.25) is 0 Å². The van der Waals surface area contributed by atoms with Gasteiger partial charge in [-0.25, -0.2) is 4.79 Å². The van der Waals surface area contributed by atoms with E-state index in [2.05, 4.69) is 24.5 Å². The fraction of sp³-hybridized carbons (Fsp3) is 0.556. The standard InChI is InChI=1S/C18H27N3O2/c1-12-8-13(2)11-21(10-12)18(23)19-14(3)16-6-5-7-17(9-16)20-15(4)22/h5-7,9,12-14H,8,10-11H2,1-4H3,(H,19,23)(H,20,22). The quantitative estimate of drug-likeness (QED) is 0.897. The van der Waals surface area contributed by atoms with Gasteiger partial charge in [-0.2, -0.15) is 0 Å². The zero-order valence-electron chi connectivity index (χ0n) is 14.4. The molecule has 1 aliphatic heterocycles. The molecule has 1 aromatic carbocycles. The van der Waals surface area contributed by atoms with Crippen molar-refractivity contribution in [3.8, 4) is 0 Å². The molecule has 1 saturated heterocycles. The number of nitrogens with zero attached hydrogens (tertiary/aromatic N) is 1. The van der Waals surface area contributed by atoms with E-state index in [1.807, 2.05) is 36.1 Å². The van der Waals surface area contributed by atoms with Gasteiger partial charge in [0.25, 0.3) is 0 Å². The molecular formula is C18H27N3O2. The minimum atomic E-state index is -0.108. The Labute approximate surface area is 138 Å². The van der Waals surface area contributed by atoms with E-state index in [1.165, 1.54) is 13.3 Å². The van der Waals surface area contributed by atoms with Crippen molar-refractivity contribution in [2.75, 3.05) is 18.4 Å². The maximum Gasteiger partial charge on any atom is 0.317 e. The van der Waals surface area contributed by atoms with Gasteiger partial charge in [0.05, 0.1) is 6.04 Å². The number of piperidine rings is 1. The average Bonchev–Trinajstić information content (AvgIpc) is 2.45. The second-order valence-corrected chi connectivity index (χ2v) is 6.83. The van der Waals surface area contributed by atoms with Crippen LogP contribution in [-0.4, -0.2) is 29.9 Å². The van der Waals surface area contributed by atoms with Crippen LogP contribution in [0.5, 0.6) is 0 Å². The number of hydrogen-bond donors (Lipinski definition) is 2. The molecule has 0 aliphatic carbocycles. The number of rotatable bonds is 3. The summed E-state index contributed by atoms with van der Waals surface area (Å²) in [5.74, 6) is 0.987. The molecule has 1 aromatic rings. The zero-order chi connectivity index (χ0) is 17.0. The Morgan fingerprint density at radius 2 is 1.87 bits per heavy atom. The van der Waals surface area contributed by atoms with Crippen molar-refractivity contribution in [2.24, 2.45) is 11.8 Å². The molecule has 126 valence electrons. The molecule has 0 bridgehead atoms. The van der Waals surface area contributed by atoms with Gasteiger partial charge in [-0.3, -0.25) is 4.79 Å². The van der Waals surface area contributed by atoms with Gasteiger partial charge in [0, 0.05) is 25.7 Å². The average molecular weight is 317 g/mol. The van der Waals surface area contributed by atoms with Gasteiger partial charge in [0.1, 0.15) is 0 Å². The number of anilines is 1. The third-order valence-corrected chi connectivity index (χ3v) is 4.20. The normalized spacial score (nSPS) is 22.3. The van der Waals surface area contributed by atoms with Gasteiger partial charge in [-0.15, -0.1) is 0 Å². The Morgan fingerprint density at radius 3 is 2.48 bits per heavy atom. The zero-order valence-corrected chi connectivity index (χ0v) is 14.4. The maximum atomic E-state index is 12.5. The number of urea groups is 1. The van der Waals surface area contributed by atoms with Crippen molar-refractivity contribution in [1.29, 1.82) is 0 Å². The third-order valence-electron chi connectivity index (χ3n) is 4.20. The molecule has 1 fully saturated rings. The van der Waals surface area contributed by atoms with E-state index in [0.717, 1.165) is 24.3 Å². The lowest BCUT2D eigenvalue weighted by atomic mass is 9.92. The first kappa shape index (κ1) is 17.3. The Morgan fingerprint density at radius 1 is 1.22 bits per heavy atom. The highest BCUT2D eigenvalue weighted by molar-refractivity contribution is 5.88. The second-order valence-electron chi connectivity index (χ2n) is 6.83. The van der Waals surface area contributed by atoms with Crippen molar-refractivity contribution in [3.63, 3.8) is 0 Å². The summed E-state index contributed by atoms with van der Waals surface area (Å²) in [6, 6.07) is 7.46. The van der Waals surface area contributed by atoms with E-state index in [9.17, 15) is 9.59 Å². The molecule has 5 heteroatoms. The molecule has 0 radical (unpaired) electrons. The summed E-state index contributed by atoms with van der Waals surface area (Å²) in [6.45, 7) is 9.45. The lowest BCUT2D eigenvalue weighted by molar-refractivity contribution is -0.114. The van der Waals surface area contributed by atoms with Gasteiger partial charge < -0.3 is 15.5 Å². The summed E-state index contributed by atoms with van der Waals surface area (Å²) in [7, 11) is 0. The van der Waals surface area contributed by atoms with E-state index >= 15 is 0 Å². The molecule has 3 unspecified atom stereocenters. The molecule has 1 heterocycles. The number of amides is 3. The molecule has 0 spiro atoms. The number of likely N-dealkylation sites (tertiary alicyclic amines) is 1. The summed E-state index contributed by atoms with van der Waals surface area (Å²) >= 11 is 0. The number of benzene rings is 1.